The molecule has 0 saturated heterocycles. The molecule has 0 aromatic heterocycles. The number of fused-ring (bicyclic) bond motifs is 2. The van der Waals surface area contributed by atoms with Crippen molar-refractivity contribution in [3.05, 3.63) is 55.8 Å². The normalized spacial score (nSPS) is 13.5. The molecule has 8 aromatic carbocycles. The van der Waals surface area contributed by atoms with Crippen molar-refractivity contribution >= 4 is 75.4 Å². The summed E-state index contributed by atoms with van der Waals surface area (Å²) in [6.07, 6.45) is 0. The van der Waals surface area contributed by atoms with Crippen LogP contribution in [0.1, 0.15) is 13.9 Å². The molecule has 38 heavy (non-hydrogen) atoms. The lowest BCUT2D eigenvalue weighted by Crippen LogP contribution is -2.09. The van der Waals surface area contributed by atoms with Crippen molar-refractivity contribution < 1.29 is 33.4 Å². The lowest BCUT2D eigenvalue weighted by molar-refractivity contribution is 0.451. The minimum Gasteiger partial charge on any atom is -0.507 e. The number of aryl methyl sites for hydroxylation is 2. The molecule has 0 heterocycles. The number of aromatic hydroxyl groups is 6. The van der Waals surface area contributed by atoms with E-state index >= 15 is 0 Å². The third-order valence-corrected chi connectivity index (χ3v) is 8.09. The molecule has 8 rings (SSSR count). The van der Waals surface area contributed by atoms with Gasteiger partial charge in [0.25, 0.3) is 0 Å². The lowest BCUT2D eigenvalue weighted by atomic mass is 9.78. The summed E-state index contributed by atoms with van der Waals surface area (Å²) in [4.78, 5) is 27.4. The molecule has 0 spiro atoms. The summed E-state index contributed by atoms with van der Waals surface area (Å²) in [7, 11) is 0. The summed E-state index contributed by atoms with van der Waals surface area (Å²) in [5, 5.41) is 67.3. The van der Waals surface area contributed by atoms with Gasteiger partial charge in [0.2, 0.25) is 5.43 Å². The number of benzene rings is 8. The van der Waals surface area contributed by atoms with E-state index in [0.29, 0.717) is 21.9 Å². The second kappa shape index (κ2) is 6.00. The van der Waals surface area contributed by atoms with E-state index in [4.69, 9.17) is 2.74 Å². The molecule has 0 radical (unpaired) electrons. The van der Waals surface area contributed by atoms with Crippen molar-refractivity contribution in [2.45, 2.75) is 13.8 Å². The van der Waals surface area contributed by atoms with Crippen LogP contribution in [0.5, 0.6) is 34.5 Å². The first-order valence-corrected chi connectivity index (χ1v) is 11.7. The third kappa shape index (κ3) is 1.93. The maximum Gasteiger partial charge on any atom is 0.201 e. The average Bonchev–Trinajstić information content (AvgIpc) is 2.89. The van der Waals surface area contributed by atoms with Crippen molar-refractivity contribution in [3.8, 4) is 34.5 Å². The number of hydrogen-bond donors (Lipinski definition) is 6. The van der Waals surface area contributed by atoms with E-state index in [1.165, 1.54) is 12.1 Å². The minimum absolute atomic E-state index is 0.0111. The highest BCUT2D eigenvalue weighted by Gasteiger charge is 2.33. The fourth-order valence-electron chi connectivity index (χ4n) is 6.83. The number of phenols is 6. The highest BCUT2D eigenvalue weighted by molar-refractivity contribution is 6.51. The van der Waals surface area contributed by atoms with Gasteiger partial charge in [-0.05, 0) is 47.9 Å². The van der Waals surface area contributed by atoms with Crippen molar-refractivity contribution in [3.63, 3.8) is 0 Å². The van der Waals surface area contributed by atoms with Gasteiger partial charge in [0.15, 0.2) is 5.43 Å². The molecule has 8 aromatic rings. The number of phenolic OH excluding ortho intramolecular Hbond substituents is 6. The van der Waals surface area contributed by atoms with Gasteiger partial charge in [-0.15, -0.1) is 0 Å². The Balaban J connectivity index is 2.05. The Hall–Kier alpha value is -5.24. The van der Waals surface area contributed by atoms with Crippen LogP contribution in [-0.2, 0) is 0 Å². The molecule has 0 amide bonds. The highest BCUT2D eigenvalue weighted by Crippen LogP contribution is 2.58. The second-order valence-corrected chi connectivity index (χ2v) is 9.98. The number of hydrogen-bond acceptors (Lipinski definition) is 8. The summed E-state index contributed by atoms with van der Waals surface area (Å²) in [5.41, 5.74) is -0.345. The molecular weight excluding hydrogens is 488 g/mol. The molecule has 0 unspecified atom stereocenters. The Kier molecular flexibility index (Phi) is 2.99. The van der Waals surface area contributed by atoms with Crippen LogP contribution < -0.4 is 10.9 Å². The molecule has 0 fully saturated rings. The SMILES string of the molecule is [2H]c1c(O)c2c(O)c3c(=O)cc(C)c4c5c(C)cc(O)c6c(=O)c7c(O)c([2H])c(O)c8c(c1O)c2c(c34)c(c78)c65. The summed E-state index contributed by atoms with van der Waals surface area (Å²) in [6.45, 7) is 3.40. The van der Waals surface area contributed by atoms with E-state index in [1.807, 2.05) is 0 Å². The van der Waals surface area contributed by atoms with Crippen molar-refractivity contribution in [1.82, 2.24) is 0 Å². The highest BCUT2D eigenvalue weighted by atomic mass is 16.3. The third-order valence-electron chi connectivity index (χ3n) is 8.09. The van der Waals surface area contributed by atoms with Crippen LogP contribution in [0.4, 0.5) is 0 Å². The zero-order chi connectivity index (χ0) is 28.4. The predicted molar refractivity (Wildman–Crippen MR) is 146 cm³/mol. The van der Waals surface area contributed by atoms with Gasteiger partial charge in [-0.1, -0.05) is 0 Å². The Labute approximate surface area is 213 Å². The molecule has 184 valence electrons. The maximum atomic E-state index is 14.0. The van der Waals surface area contributed by atoms with Crippen LogP contribution in [0.3, 0.4) is 0 Å². The van der Waals surface area contributed by atoms with Gasteiger partial charge >= 0.3 is 0 Å². The first kappa shape index (κ1) is 18.9. The van der Waals surface area contributed by atoms with Gasteiger partial charge < -0.3 is 30.6 Å². The van der Waals surface area contributed by atoms with Gasteiger partial charge in [0.05, 0.1) is 24.3 Å². The molecule has 0 bridgehead atoms. The zero-order valence-corrected chi connectivity index (χ0v) is 19.7. The molecule has 8 heteroatoms. The van der Waals surface area contributed by atoms with Gasteiger partial charge in [-0.25, -0.2) is 0 Å². The summed E-state index contributed by atoms with van der Waals surface area (Å²) in [6, 6.07) is 1.06. The topological polar surface area (TPSA) is 156 Å². The van der Waals surface area contributed by atoms with Gasteiger partial charge in [0.1, 0.15) is 34.5 Å². The molecule has 0 aliphatic heterocycles. The summed E-state index contributed by atoms with van der Waals surface area (Å²) < 4.78 is 16.7. The van der Waals surface area contributed by atoms with E-state index in [2.05, 4.69) is 0 Å². The maximum absolute atomic E-state index is 14.0. The molecule has 0 saturated carbocycles. The minimum atomic E-state index is -0.848. The van der Waals surface area contributed by atoms with E-state index in [9.17, 15) is 40.2 Å². The van der Waals surface area contributed by atoms with Crippen LogP contribution in [0.2, 0.25) is 0 Å². The van der Waals surface area contributed by atoms with Crippen LogP contribution in [0, 0.1) is 13.8 Å². The van der Waals surface area contributed by atoms with Crippen molar-refractivity contribution in [1.29, 1.82) is 0 Å². The molecule has 0 aliphatic rings. The molecular formula is C30H16O8. The van der Waals surface area contributed by atoms with Crippen LogP contribution in [0.15, 0.2) is 33.8 Å². The van der Waals surface area contributed by atoms with E-state index < -0.39 is 57.1 Å². The first-order valence-electron chi connectivity index (χ1n) is 12.7. The zero-order valence-electron chi connectivity index (χ0n) is 21.7. The Morgan fingerprint density at radius 3 is 1.47 bits per heavy atom. The largest absolute Gasteiger partial charge is 0.507 e. The Morgan fingerprint density at radius 2 is 0.868 bits per heavy atom. The van der Waals surface area contributed by atoms with E-state index in [0.717, 1.165) is 0 Å². The Bertz CT molecular complexity index is 2600. The quantitative estimate of drug-likeness (QED) is 0.123. The van der Waals surface area contributed by atoms with Gasteiger partial charge in [-0.2, -0.15) is 0 Å². The average molecular weight is 506 g/mol. The molecule has 0 atom stereocenters. The standard InChI is InChI=1S/C30H16O8/c1-7-3-9(31)19-23-15(7)16-8(2)4-10(32)20-24(16)28-26-18(12(34)6-14(36)22(26)30(20)38)17-11(33)5-13(35)21(29(19)37)25(17)27(23)28/h3-6,31,33-36,38H,1-2H3/i5D,6D. The molecule has 0 aliphatic carbocycles. The fraction of sp³-hybridized carbons (Fsp3) is 0.0667. The monoisotopic (exact) mass is 506 g/mol. The molecule has 6 N–H and O–H groups in total. The summed E-state index contributed by atoms with van der Waals surface area (Å²) in [5.74, 6) is -4.27. The van der Waals surface area contributed by atoms with Gasteiger partial charge in [0, 0.05) is 55.2 Å². The first-order chi connectivity index (χ1) is 18.9. The van der Waals surface area contributed by atoms with Crippen LogP contribution in [-0.4, -0.2) is 30.6 Å². The van der Waals surface area contributed by atoms with E-state index in [-0.39, 0.29) is 65.0 Å². The van der Waals surface area contributed by atoms with Crippen LogP contribution >= 0.6 is 0 Å². The smallest absolute Gasteiger partial charge is 0.201 e. The number of rotatable bonds is 0. The van der Waals surface area contributed by atoms with Gasteiger partial charge in [-0.3, -0.25) is 9.59 Å². The molecule has 8 nitrogen and oxygen atoms in total. The summed E-state index contributed by atoms with van der Waals surface area (Å²) >= 11 is 0. The van der Waals surface area contributed by atoms with Crippen LogP contribution in [0.25, 0.3) is 75.4 Å². The Morgan fingerprint density at radius 1 is 0.474 bits per heavy atom. The van der Waals surface area contributed by atoms with E-state index in [1.54, 1.807) is 13.8 Å². The second-order valence-electron chi connectivity index (χ2n) is 9.98. The van der Waals surface area contributed by atoms with Crippen molar-refractivity contribution in [2.24, 2.45) is 0 Å². The lowest BCUT2D eigenvalue weighted by Gasteiger charge is -2.25. The fourth-order valence-corrected chi connectivity index (χ4v) is 6.83. The van der Waals surface area contributed by atoms with Crippen molar-refractivity contribution in [2.75, 3.05) is 0 Å². The predicted octanol–water partition coefficient (Wildman–Crippen LogP) is 5.08.